The van der Waals surface area contributed by atoms with Gasteiger partial charge in [-0.25, -0.2) is 0 Å². The van der Waals surface area contributed by atoms with Gasteiger partial charge in [0.1, 0.15) is 6.10 Å². The Morgan fingerprint density at radius 2 is 1.95 bits per heavy atom. The van der Waals surface area contributed by atoms with Crippen molar-refractivity contribution >= 4 is 11.5 Å². The van der Waals surface area contributed by atoms with Crippen LogP contribution in [0, 0.1) is 0 Å². The molecular formula is C16H20O4. The first-order chi connectivity index (χ1) is 9.65. The number of hydrogen-bond donors (Lipinski definition) is 0. The lowest BCUT2D eigenvalue weighted by atomic mass is 9.90. The summed E-state index contributed by atoms with van der Waals surface area (Å²) >= 11 is 0. The van der Waals surface area contributed by atoms with Gasteiger partial charge in [-0.15, -0.1) is 0 Å². The predicted molar refractivity (Wildman–Crippen MR) is 76.9 cm³/mol. The largest absolute Gasteiger partial charge is 0.493 e. The topological polar surface area (TPSA) is 44.8 Å². The molecule has 0 heterocycles. The molecule has 0 saturated heterocycles. The zero-order chi connectivity index (χ0) is 14.5. The highest BCUT2D eigenvalue weighted by Gasteiger charge is 2.22. The molecule has 1 aromatic rings. The average Bonchev–Trinajstić information content (AvgIpc) is 2.46. The molecule has 0 aromatic heterocycles. The lowest BCUT2D eigenvalue weighted by Gasteiger charge is -2.24. The number of ether oxygens (including phenoxy) is 3. The fraction of sp³-hybridized carbons (Fsp3) is 0.438. The zero-order valence-corrected chi connectivity index (χ0v) is 12.1. The van der Waals surface area contributed by atoms with Gasteiger partial charge in [0.2, 0.25) is 0 Å². The second-order valence-corrected chi connectivity index (χ2v) is 4.76. The Kier molecular flexibility index (Phi) is 4.66. The maximum absolute atomic E-state index is 11.2. The number of carbonyl (C=O) groups excluding carboxylic acids is 1. The van der Waals surface area contributed by atoms with Crippen molar-refractivity contribution in [3.63, 3.8) is 0 Å². The summed E-state index contributed by atoms with van der Waals surface area (Å²) in [4.78, 5) is 11.2. The summed E-state index contributed by atoms with van der Waals surface area (Å²) in [5.74, 6) is 1.12. The fourth-order valence-corrected chi connectivity index (χ4v) is 2.49. The number of allylic oxidation sites excluding steroid dienone is 1. The summed E-state index contributed by atoms with van der Waals surface area (Å²) in [6.07, 6.45) is 4.87. The normalized spacial score (nSPS) is 18.1. The van der Waals surface area contributed by atoms with Crippen molar-refractivity contribution in [2.45, 2.75) is 32.3 Å². The number of hydrogen-bond acceptors (Lipinski definition) is 4. The Morgan fingerprint density at radius 3 is 2.60 bits per heavy atom. The van der Waals surface area contributed by atoms with Crippen LogP contribution in [0.4, 0.5) is 0 Å². The van der Waals surface area contributed by atoms with E-state index in [9.17, 15) is 4.79 Å². The van der Waals surface area contributed by atoms with Crippen molar-refractivity contribution in [2.75, 3.05) is 14.2 Å². The Bertz CT molecular complexity index is 519. The molecule has 0 spiro atoms. The highest BCUT2D eigenvalue weighted by atomic mass is 16.5. The van der Waals surface area contributed by atoms with Crippen molar-refractivity contribution in [3.05, 3.63) is 29.8 Å². The van der Waals surface area contributed by atoms with Gasteiger partial charge in [0.05, 0.1) is 14.2 Å². The molecule has 1 atom stereocenters. The van der Waals surface area contributed by atoms with Gasteiger partial charge in [0.25, 0.3) is 0 Å². The summed E-state index contributed by atoms with van der Waals surface area (Å²) < 4.78 is 16.0. The highest BCUT2D eigenvalue weighted by Crippen LogP contribution is 2.35. The van der Waals surface area contributed by atoms with E-state index >= 15 is 0 Å². The van der Waals surface area contributed by atoms with E-state index in [-0.39, 0.29) is 12.1 Å². The van der Waals surface area contributed by atoms with E-state index in [0.29, 0.717) is 11.5 Å². The molecule has 0 radical (unpaired) electrons. The number of benzene rings is 1. The highest BCUT2D eigenvalue weighted by molar-refractivity contribution is 5.75. The van der Waals surface area contributed by atoms with E-state index in [1.165, 1.54) is 6.92 Å². The summed E-state index contributed by atoms with van der Waals surface area (Å²) in [6.45, 7) is 1.45. The molecule has 108 valence electrons. The third-order valence-electron chi connectivity index (χ3n) is 3.41. The third kappa shape index (κ3) is 3.13. The fourth-order valence-electron chi connectivity index (χ4n) is 2.49. The van der Waals surface area contributed by atoms with Crippen LogP contribution in [0.5, 0.6) is 11.5 Å². The van der Waals surface area contributed by atoms with Gasteiger partial charge < -0.3 is 14.2 Å². The number of methoxy groups -OCH3 is 2. The second-order valence-electron chi connectivity index (χ2n) is 4.76. The number of esters is 1. The van der Waals surface area contributed by atoms with E-state index in [4.69, 9.17) is 14.2 Å². The van der Waals surface area contributed by atoms with Crippen molar-refractivity contribution in [2.24, 2.45) is 0 Å². The first-order valence-corrected chi connectivity index (χ1v) is 6.75. The monoisotopic (exact) mass is 276 g/mol. The molecule has 0 saturated carbocycles. The van der Waals surface area contributed by atoms with Gasteiger partial charge in [-0.3, -0.25) is 4.79 Å². The molecule has 0 aliphatic heterocycles. The van der Waals surface area contributed by atoms with Crippen molar-refractivity contribution < 1.29 is 19.0 Å². The first kappa shape index (κ1) is 14.4. The maximum Gasteiger partial charge on any atom is 0.303 e. The van der Waals surface area contributed by atoms with Crippen molar-refractivity contribution in [1.29, 1.82) is 0 Å². The minimum atomic E-state index is -0.247. The van der Waals surface area contributed by atoms with Crippen molar-refractivity contribution in [1.82, 2.24) is 0 Å². The summed E-state index contributed by atoms with van der Waals surface area (Å²) in [7, 11) is 3.22. The Labute approximate surface area is 119 Å². The molecule has 0 fully saturated rings. The smallest absolute Gasteiger partial charge is 0.303 e. The van der Waals surface area contributed by atoms with E-state index in [2.05, 4.69) is 6.08 Å². The zero-order valence-electron chi connectivity index (χ0n) is 12.1. The van der Waals surface area contributed by atoms with Crippen LogP contribution in [0.15, 0.2) is 24.3 Å². The molecule has 1 aliphatic carbocycles. The molecule has 1 aliphatic rings. The van der Waals surface area contributed by atoms with E-state index < -0.39 is 0 Å². The molecule has 0 bridgehead atoms. The van der Waals surface area contributed by atoms with E-state index in [0.717, 1.165) is 30.4 Å². The Balaban J connectivity index is 2.33. The SMILES string of the molecule is COc1ccc(C2=CCCC[C@@H]2OC(C)=O)cc1OC. The van der Waals surface area contributed by atoms with Crippen LogP contribution >= 0.6 is 0 Å². The number of rotatable bonds is 4. The first-order valence-electron chi connectivity index (χ1n) is 6.75. The minimum absolute atomic E-state index is 0.167. The molecule has 20 heavy (non-hydrogen) atoms. The lowest BCUT2D eigenvalue weighted by molar-refractivity contribution is -0.144. The van der Waals surface area contributed by atoms with Crippen LogP contribution in [-0.4, -0.2) is 26.3 Å². The quantitative estimate of drug-likeness (QED) is 0.792. The summed E-state index contributed by atoms with van der Waals surface area (Å²) in [5, 5.41) is 0. The van der Waals surface area contributed by atoms with Crippen LogP contribution in [0.1, 0.15) is 31.7 Å². The second kappa shape index (κ2) is 6.46. The third-order valence-corrected chi connectivity index (χ3v) is 3.41. The van der Waals surface area contributed by atoms with Crippen LogP contribution in [0.2, 0.25) is 0 Å². The van der Waals surface area contributed by atoms with Gasteiger partial charge in [-0.2, -0.15) is 0 Å². The van der Waals surface area contributed by atoms with E-state index in [1.54, 1.807) is 14.2 Å². The van der Waals surface area contributed by atoms with Gasteiger partial charge >= 0.3 is 5.97 Å². The predicted octanol–water partition coefficient (Wildman–Crippen LogP) is 3.20. The summed E-state index contributed by atoms with van der Waals surface area (Å²) in [6, 6.07) is 5.76. The molecule has 4 heteroatoms. The average molecular weight is 276 g/mol. The van der Waals surface area contributed by atoms with Crippen LogP contribution < -0.4 is 9.47 Å². The van der Waals surface area contributed by atoms with Gasteiger partial charge in [-0.1, -0.05) is 12.1 Å². The molecule has 0 amide bonds. The maximum atomic E-state index is 11.2. The standard InChI is InChI=1S/C16H20O4/c1-11(17)20-14-7-5-4-6-13(14)12-8-9-15(18-2)16(10-12)19-3/h6,8-10,14H,4-5,7H2,1-3H3/t14-/m0/s1. The molecule has 4 nitrogen and oxygen atoms in total. The van der Waals surface area contributed by atoms with E-state index in [1.807, 2.05) is 18.2 Å². The van der Waals surface area contributed by atoms with Gasteiger partial charge in [0, 0.05) is 6.92 Å². The molecule has 1 aromatic carbocycles. The molecule has 0 N–H and O–H groups in total. The van der Waals surface area contributed by atoms with Crippen LogP contribution in [-0.2, 0) is 9.53 Å². The minimum Gasteiger partial charge on any atom is -0.493 e. The van der Waals surface area contributed by atoms with Crippen LogP contribution in [0.3, 0.4) is 0 Å². The molecular weight excluding hydrogens is 256 g/mol. The lowest BCUT2D eigenvalue weighted by Crippen LogP contribution is -2.20. The Hall–Kier alpha value is -1.97. The van der Waals surface area contributed by atoms with Crippen molar-refractivity contribution in [3.8, 4) is 11.5 Å². The molecule has 0 unspecified atom stereocenters. The summed E-state index contributed by atoms with van der Waals surface area (Å²) in [5.41, 5.74) is 2.06. The van der Waals surface area contributed by atoms with Gasteiger partial charge in [0.15, 0.2) is 11.5 Å². The van der Waals surface area contributed by atoms with Crippen LogP contribution in [0.25, 0.3) is 5.57 Å². The Morgan fingerprint density at radius 1 is 1.20 bits per heavy atom. The number of carbonyl (C=O) groups is 1. The van der Waals surface area contributed by atoms with Gasteiger partial charge in [-0.05, 0) is 42.5 Å². The molecule has 2 rings (SSSR count).